The second-order valence-corrected chi connectivity index (χ2v) is 4.87. The highest BCUT2D eigenvalue weighted by atomic mass is 32.1. The standard InChI is InChI=1S/C13H22N4S/c1-4-6-7-17(10(3)5-2)12-9-15-11(8-16-12)13(14)18/h8-10H,4-7H2,1-3H3,(H2,14,18). The lowest BCUT2D eigenvalue weighted by Crippen LogP contribution is -2.34. The average molecular weight is 266 g/mol. The number of thiocarbonyl (C=S) groups is 1. The number of hydrogen-bond acceptors (Lipinski definition) is 4. The van der Waals surface area contributed by atoms with Crippen molar-refractivity contribution in [1.82, 2.24) is 9.97 Å². The summed E-state index contributed by atoms with van der Waals surface area (Å²) < 4.78 is 0. The first kappa shape index (κ1) is 14.8. The first-order valence-corrected chi connectivity index (χ1v) is 6.89. The molecule has 1 heterocycles. The molecule has 0 radical (unpaired) electrons. The largest absolute Gasteiger partial charge is 0.388 e. The molecule has 0 aliphatic rings. The van der Waals surface area contributed by atoms with Crippen molar-refractivity contribution in [2.75, 3.05) is 11.4 Å². The summed E-state index contributed by atoms with van der Waals surface area (Å²) in [5.74, 6) is 0.901. The summed E-state index contributed by atoms with van der Waals surface area (Å²) in [6, 6.07) is 0.460. The zero-order chi connectivity index (χ0) is 13.5. The molecule has 1 atom stereocenters. The SMILES string of the molecule is CCCCN(c1cnc(C(N)=S)cn1)C(C)CC. The lowest BCUT2D eigenvalue weighted by molar-refractivity contribution is 0.588. The van der Waals surface area contributed by atoms with E-state index in [4.69, 9.17) is 18.0 Å². The molecule has 0 aliphatic carbocycles. The minimum atomic E-state index is 0.290. The molecule has 1 unspecified atom stereocenters. The van der Waals surface area contributed by atoms with E-state index in [9.17, 15) is 0 Å². The van der Waals surface area contributed by atoms with Gasteiger partial charge in [0, 0.05) is 12.6 Å². The zero-order valence-corrected chi connectivity index (χ0v) is 12.2. The Bertz CT molecular complexity index is 377. The molecule has 1 aromatic rings. The van der Waals surface area contributed by atoms with Crippen molar-refractivity contribution >= 4 is 23.0 Å². The fourth-order valence-corrected chi connectivity index (χ4v) is 1.81. The molecule has 18 heavy (non-hydrogen) atoms. The molecule has 100 valence electrons. The summed E-state index contributed by atoms with van der Waals surface area (Å²) in [5, 5.41) is 0. The second kappa shape index (κ2) is 7.26. The molecular formula is C13H22N4S. The van der Waals surface area contributed by atoms with Crippen LogP contribution in [0.3, 0.4) is 0 Å². The molecular weight excluding hydrogens is 244 g/mol. The molecule has 0 amide bonds. The summed E-state index contributed by atoms with van der Waals surface area (Å²) in [6.07, 6.45) is 6.83. The molecule has 4 nitrogen and oxygen atoms in total. The number of aromatic nitrogens is 2. The number of unbranched alkanes of at least 4 members (excludes halogenated alkanes) is 1. The maximum Gasteiger partial charge on any atom is 0.147 e. The fourth-order valence-electron chi connectivity index (χ4n) is 1.71. The first-order valence-electron chi connectivity index (χ1n) is 6.48. The molecule has 5 heteroatoms. The van der Waals surface area contributed by atoms with Gasteiger partial charge in [0.2, 0.25) is 0 Å². The van der Waals surface area contributed by atoms with Crippen LogP contribution in [0.2, 0.25) is 0 Å². The normalized spacial score (nSPS) is 12.2. The van der Waals surface area contributed by atoms with Crippen LogP contribution in [0.15, 0.2) is 12.4 Å². The molecule has 0 aromatic carbocycles. The summed E-state index contributed by atoms with van der Waals surface area (Å²) in [5.41, 5.74) is 6.10. The van der Waals surface area contributed by atoms with Crippen molar-refractivity contribution in [2.45, 2.75) is 46.1 Å². The van der Waals surface area contributed by atoms with Gasteiger partial charge in [-0.05, 0) is 19.8 Å². The Labute approximate surface area is 115 Å². The van der Waals surface area contributed by atoms with Crippen molar-refractivity contribution in [2.24, 2.45) is 5.73 Å². The highest BCUT2D eigenvalue weighted by Gasteiger charge is 2.14. The third-order valence-electron chi connectivity index (χ3n) is 3.06. The van der Waals surface area contributed by atoms with E-state index in [0.29, 0.717) is 11.7 Å². The Morgan fingerprint density at radius 2 is 2.11 bits per heavy atom. The molecule has 0 spiro atoms. The first-order chi connectivity index (χ1) is 8.60. The highest BCUT2D eigenvalue weighted by Crippen LogP contribution is 2.15. The van der Waals surface area contributed by atoms with Crippen LogP contribution < -0.4 is 10.6 Å². The average Bonchev–Trinajstić information content (AvgIpc) is 2.39. The van der Waals surface area contributed by atoms with E-state index in [0.717, 1.165) is 25.2 Å². The molecule has 0 aliphatic heterocycles. The van der Waals surface area contributed by atoms with Gasteiger partial charge in [-0.3, -0.25) is 0 Å². The predicted molar refractivity (Wildman–Crippen MR) is 79.9 cm³/mol. The van der Waals surface area contributed by atoms with Gasteiger partial charge in [-0.25, -0.2) is 9.97 Å². The second-order valence-electron chi connectivity index (χ2n) is 4.43. The fraction of sp³-hybridized carbons (Fsp3) is 0.615. The molecule has 1 rings (SSSR count). The lowest BCUT2D eigenvalue weighted by Gasteiger charge is -2.29. The van der Waals surface area contributed by atoms with Crippen LogP contribution in [0.1, 0.15) is 45.7 Å². The molecule has 0 saturated carbocycles. The summed E-state index contributed by atoms with van der Waals surface area (Å²) in [7, 11) is 0. The van der Waals surface area contributed by atoms with Crippen LogP contribution in [0, 0.1) is 0 Å². The maximum atomic E-state index is 5.52. The van der Waals surface area contributed by atoms with Gasteiger partial charge in [-0.2, -0.15) is 0 Å². The third kappa shape index (κ3) is 3.91. The van der Waals surface area contributed by atoms with E-state index >= 15 is 0 Å². The van der Waals surface area contributed by atoms with Crippen LogP contribution in [0.25, 0.3) is 0 Å². The van der Waals surface area contributed by atoms with Crippen LogP contribution in [0.4, 0.5) is 5.82 Å². The van der Waals surface area contributed by atoms with E-state index in [1.54, 1.807) is 12.4 Å². The molecule has 2 N–H and O–H groups in total. The number of nitrogens with two attached hydrogens (primary N) is 1. The van der Waals surface area contributed by atoms with Crippen molar-refractivity contribution < 1.29 is 0 Å². The Morgan fingerprint density at radius 1 is 1.39 bits per heavy atom. The summed E-state index contributed by atoms with van der Waals surface area (Å²) in [4.78, 5) is 11.3. The van der Waals surface area contributed by atoms with Crippen LogP contribution >= 0.6 is 12.2 Å². The van der Waals surface area contributed by atoms with Crippen LogP contribution in [0.5, 0.6) is 0 Å². The van der Waals surface area contributed by atoms with Gasteiger partial charge in [-0.1, -0.05) is 32.5 Å². The van der Waals surface area contributed by atoms with Crippen LogP contribution in [-0.2, 0) is 0 Å². The van der Waals surface area contributed by atoms with E-state index in [2.05, 4.69) is 35.6 Å². The number of hydrogen-bond donors (Lipinski definition) is 1. The number of anilines is 1. The minimum Gasteiger partial charge on any atom is -0.388 e. The van der Waals surface area contributed by atoms with Gasteiger partial charge in [0.05, 0.1) is 12.4 Å². The molecule has 0 bridgehead atoms. The summed E-state index contributed by atoms with van der Waals surface area (Å²) >= 11 is 4.88. The third-order valence-corrected chi connectivity index (χ3v) is 3.27. The number of nitrogens with zero attached hydrogens (tertiary/aromatic N) is 3. The topological polar surface area (TPSA) is 55.0 Å². The van der Waals surface area contributed by atoms with Crippen molar-refractivity contribution in [3.8, 4) is 0 Å². The molecule has 0 saturated heterocycles. The van der Waals surface area contributed by atoms with E-state index < -0.39 is 0 Å². The van der Waals surface area contributed by atoms with Crippen LogP contribution in [-0.4, -0.2) is 27.5 Å². The van der Waals surface area contributed by atoms with E-state index in [-0.39, 0.29) is 4.99 Å². The Hall–Kier alpha value is -1.23. The van der Waals surface area contributed by atoms with E-state index in [1.165, 1.54) is 6.42 Å². The number of rotatable bonds is 7. The van der Waals surface area contributed by atoms with Gasteiger partial charge in [0.1, 0.15) is 16.5 Å². The lowest BCUT2D eigenvalue weighted by atomic mass is 10.2. The van der Waals surface area contributed by atoms with Gasteiger partial charge in [0.15, 0.2) is 0 Å². The monoisotopic (exact) mass is 266 g/mol. The van der Waals surface area contributed by atoms with E-state index in [1.807, 2.05) is 0 Å². The minimum absolute atomic E-state index is 0.290. The van der Waals surface area contributed by atoms with Crippen molar-refractivity contribution in [1.29, 1.82) is 0 Å². The molecule has 1 aromatic heterocycles. The van der Waals surface area contributed by atoms with Gasteiger partial charge < -0.3 is 10.6 Å². The predicted octanol–water partition coefficient (Wildman–Crippen LogP) is 2.52. The Kier molecular flexibility index (Phi) is 5.98. The highest BCUT2D eigenvalue weighted by molar-refractivity contribution is 7.80. The molecule has 0 fully saturated rings. The summed E-state index contributed by atoms with van der Waals surface area (Å²) in [6.45, 7) is 7.59. The Morgan fingerprint density at radius 3 is 2.56 bits per heavy atom. The zero-order valence-electron chi connectivity index (χ0n) is 11.4. The quantitative estimate of drug-likeness (QED) is 0.769. The van der Waals surface area contributed by atoms with Gasteiger partial charge >= 0.3 is 0 Å². The van der Waals surface area contributed by atoms with Crippen molar-refractivity contribution in [3.05, 3.63) is 18.1 Å². The smallest absolute Gasteiger partial charge is 0.147 e. The Balaban J connectivity index is 2.87. The van der Waals surface area contributed by atoms with Crippen molar-refractivity contribution in [3.63, 3.8) is 0 Å². The maximum absolute atomic E-state index is 5.52. The van der Waals surface area contributed by atoms with Gasteiger partial charge in [0.25, 0.3) is 0 Å². The van der Waals surface area contributed by atoms with Gasteiger partial charge in [-0.15, -0.1) is 0 Å².